The second-order valence-electron chi connectivity index (χ2n) is 8.00. The molecule has 0 aliphatic carbocycles. The van der Waals surface area contributed by atoms with Crippen LogP contribution >= 0.6 is 11.3 Å². The maximum atomic E-state index is 13.2. The van der Waals surface area contributed by atoms with Gasteiger partial charge in [0.1, 0.15) is 16.8 Å². The molecule has 2 aromatic rings. The zero-order chi connectivity index (χ0) is 20.5. The van der Waals surface area contributed by atoms with E-state index in [0.29, 0.717) is 44.1 Å². The summed E-state index contributed by atoms with van der Waals surface area (Å²) in [7, 11) is 0. The van der Waals surface area contributed by atoms with Gasteiger partial charge in [-0.3, -0.25) is 15.1 Å². The summed E-state index contributed by atoms with van der Waals surface area (Å²) in [5, 5.41) is 7.24. The van der Waals surface area contributed by atoms with Gasteiger partial charge in [0, 0.05) is 25.7 Å². The molecule has 3 aliphatic heterocycles. The average Bonchev–Trinajstić information content (AvgIpc) is 3.19. The fraction of sp³-hybridized carbons (Fsp3) is 0.524. The lowest BCUT2D eigenvalue weighted by Crippen LogP contribution is -2.54. The molecule has 9 heteroatoms. The summed E-state index contributed by atoms with van der Waals surface area (Å²) in [6, 6.07) is 8.58. The number of nitrogens with one attached hydrogen (secondary N) is 2. The third-order valence-corrected chi connectivity index (χ3v) is 6.89. The van der Waals surface area contributed by atoms with Gasteiger partial charge in [-0.1, -0.05) is 12.1 Å². The second kappa shape index (κ2) is 8.41. The van der Waals surface area contributed by atoms with E-state index in [1.807, 2.05) is 24.3 Å². The SMILES string of the molecule is C[C@H]1CC[C@@H](N=C2N=C(N3CCOCC3)NC(=O)C2c2nc3ccccc3s2)CN1. The molecule has 158 valence electrons. The van der Waals surface area contributed by atoms with Gasteiger partial charge in [0.05, 0.1) is 29.5 Å². The second-order valence-corrected chi connectivity index (χ2v) is 9.07. The predicted octanol–water partition coefficient (Wildman–Crippen LogP) is 1.74. The van der Waals surface area contributed by atoms with E-state index in [-0.39, 0.29) is 11.9 Å². The molecule has 2 N–H and O–H groups in total. The van der Waals surface area contributed by atoms with Crippen LogP contribution in [0.3, 0.4) is 0 Å². The molecule has 2 saturated heterocycles. The van der Waals surface area contributed by atoms with Gasteiger partial charge < -0.3 is 15.0 Å². The Balaban J connectivity index is 1.51. The van der Waals surface area contributed by atoms with Crippen LogP contribution in [0.2, 0.25) is 0 Å². The number of carbonyl (C=O) groups is 1. The molecule has 5 rings (SSSR count). The van der Waals surface area contributed by atoms with E-state index in [1.54, 1.807) is 0 Å². The van der Waals surface area contributed by atoms with Crippen LogP contribution in [0.5, 0.6) is 0 Å². The molecule has 3 aliphatic rings. The summed E-state index contributed by atoms with van der Waals surface area (Å²) in [6.07, 6.45) is 2.06. The molecule has 30 heavy (non-hydrogen) atoms. The van der Waals surface area contributed by atoms with Gasteiger partial charge in [-0.05, 0) is 31.9 Å². The van der Waals surface area contributed by atoms with Crippen LogP contribution in [0, 0.1) is 0 Å². The first kappa shape index (κ1) is 19.6. The van der Waals surface area contributed by atoms with Gasteiger partial charge in [-0.15, -0.1) is 11.3 Å². The normalized spacial score (nSPS) is 29.2. The number of carbonyl (C=O) groups excluding carboxylic acids is 1. The van der Waals surface area contributed by atoms with Crippen molar-refractivity contribution in [1.29, 1.82) is 0 Å². The number of hydrogen-bond donors (Lipinski definition) is 2. The number of morpholine rings is 1. The number of hydrogen-bond acceptors (Lipinski definition) is 7. The maximum Gasteiger partial charge on any atom is 0.244 e. The van der Waals surface area contributed by atoms with Crippen molar-refractivity contribution in [1.82, 2.24) is 20.5 Å². The summed E-state index contributed by atoms with van der Waals surface area (Å²) in [5.41, 5.74) is 0.903. The molecule has 1 amide bonds. The highest BCUT2D eigenvalue weighted by Crippen LogP contribution is 2.31. The molecule has 1 unspecified atom stereocenters. The van der Waals surface area contributed by atoms with Crippen molar-refractivity contribution >= 4 is 39.3 Å². The molecule has 3 atom stereocenters. The van der Waals surface area contributed by atoms with E-state index in [0.717, 1.165) is 34.6 Å². The molecule has 0 radical (unpaired) electrons. The lowest BCUT2D eigenvalue weighted by molar-refractivity contribution is -0.120. The highest BCUT2D eigenvalue weighted by molar-refractivity contribution is 7.18. The number of guanidine groups is 1. The number of aromatic nitrogens is 1. The van der Waals surface area contributed by atoms with Crippen LogP contribution in [-0.4, -0.2) is 72.5 Å². The molecular formula is C21H26N6O2S. The number of rotatable bonds is 2. The number of amidine groups is 1. The first-order chi connectivity index (χ1) is 14.7. The van der Waals surface area contributed by atoms with Crippen LogP contribution in [-0.2, 0) is 9.53 Å². The average molecular weight is 427 g/mol. The number of thiazole rings is 1. The summed E-state index contributed by atoms with van der Waals surface area (Å²) in [6.45, 7) is 5.68. The fourth-order valence-corrected chi connectivity index (χ4v) is 5.11. The van der Waals surface area contributed by atoms with E-state index in [1.165, 1.54) is 11.3 Å². The monoisotopic (exact) mass is 426 g/mol. The van der Waals surface area contributed by atoms with Crippen molar-refractivity contribution in [2.45, 2.75) is 37.8 Å². The van der Waals surface area contributed by atoms with Crippen LogP contribution in [0.15, 0.2) is 34.3 Å². The quantitative estimate of drug-likeness (QED) is 0.763. The fourth-order valence-electron chi connectivity index (χ4n) is 4.05. The number of nitrogens with zero attached hydrogens (tertiary/aromatic N) is 4. The zero-order valence-electron chi connectivity index (χ0n) is 17.0. The first-order valence-electron chi connectivity index (χ1n) is 10.6. The largest absolute Gasteiger partial charge is 0.378 e. The lowest BCUT2D eigenvalue weighted by Gasteiger charge is -2.33. The molecule has 0 spiro atoms. The molecule has 1 aromatic carbocycles. The Morgan fingerprint density at radius 3 is 2.83 bits per heavy atom. The molecule has 0 bridgehead atoms. The molecule has 8 nitrogen and oxygen atoms in total. The van der Waals surface area contributed by atoms with Gasteiger partial charge in [-0.2, -0.15) is 4.99 Å². The Morgan fingerprint density at radius 1 is 1.23 bits per heavy atom. The Bertz CT molecular complexity index is 955. The Kier molecular flexibility index (Phi) is 5.49. The zero-order valence-corrected chi connectivity index (χ0v) is 17.8. The minimum atomic E-state index is -0.577. The molecule has 2 fully saturated rings. The predicted molar refractivity (Wildman–Crippen MR) is 118 cm³/mol. The van der Waals surface area contributed by atoms with E-state index in [2.05, 4.69) is 22.5 Å². The number of aliphatic imine (C=N–C) groups is 2. The van der Waals surface area contributed by atoms with Crippen LogP contribution in [0.1, 0.15) is 30.7 Å². The Hall–Kier alpha value is -2.36. The number of fused-ring (bicyclic) bond motifs is 1. The summed E-state index contributed by atoms with van der Waals surface area (Å²) < 4.78 is 6.51. The van der Waals surface area contributed by atoms with Gasteiger partial charge in [0.15, 0.2) is 0 Å². The summed E-state index contributed by atoms with van der Waals surface area (Å²) in [4.78, 5) is 29.9. The third-order valence-electron chi connectivity index (χ3n) is 5.79. The minimum Gasteiger partial charge on any atom is -0.378 e. The van der Waals surface area contributed by atoms with Crippen molar-refractivity contribution in [3.63, 3.8) is 0 Å². The van der Waals surface area contributed by atoms with Crippen LogP contribution < -0.4 is 10.6 Å². The van der Waals surface area contributed by atoms with Gasteiger partial charge in [0.25, 0.3) is 0 Å². The minimum absolute atomic E-state index is 0.110. The van der Waals surface area contributed by atoms with Crippen molar-refractivity contribution in [2.24, 2.45) is 9.98 Å². The van der Waals surface area contributed by atoms with E-state index >= 15 is 0 Å². The topological polar surface area (TPSA) is 91.2 Å². The van der Waals surface area contributed by atoms with E-state index in [9.17, 15) is 4.79 Å². The van der Waals surface area contributed by atoms with Crippen molar-refractivity contribution < 1.29 is 9.53 Å². The molecule has 1 aromatic heterocycles. The van der Waals surface area contributed by atoms with Gasteiger partial charge in [0.2, 0.25) is 11.9 Å². The van der Waals surface area contributed by atoms with E-state index in [4.69, 9.17) is 19.7 Å². The molecule has 4 heterocycles. The van der Waals surface area contributed by atoms with Gasteiger partial charge >= 0.3 is 0 Å². The Morgan fingerprint density at radius 2 is 2.07 bits per heavy atom. The standard InChI is InChI=1S/C21H26N6O2S/c1-13-6-7-14(12-22-13)23-18-17(20-24-15-4-2-3-5-16(15)30-20)19(28)26-21(25-18)27-8-10-29-11-9-27/h2-5,13-14,17,22H,6-12H2,1H3,(H,23,25,26,28)/t13-,14+,17?/m0/s1. The molecule has 0 saturated carbocycles. The smallest absolute Gasteiger partial charge is 0.244 e. The Labute approximate surface area is 179 Å². The molecular weight excluding hydrogens is 400 g/mol. The van der Waals surface area contributed by atoms with Crippen LogP contribution in [0.25, 0.3) is 10.2 Å². The number of amides is 1. The lowest BCUT2D eigenvalue weighted by atomic mass is 10.0. The summed E-state index contributed by atoms with van der Waals surface area (Å²) in [5.74, 6) is 0.463. The number of para-hydroxylation sites is 1. The highest BCUT2D eigenvalue weighted by Gasteiger charge is 2.36. The maximum absolute atomic E-state index is 13.2. The first-order valence-corrected chi connectivity index (χ1v) is 11.4. The van der Waals surface area contributed by atoms with Crippen molar-refractivity contribution in [3.05, 3.63) is 29.3 Å². The highest BCUT2D eigenvalue weighted by atomic mass is 32.1. The number of ether oxygens (including phenoxy) is 1. The van der Waals surface area contributed by atoms with Gasteiger partial charge in [-0.25, -0.2) is 4.98 Å². The van der Waals surface area contributed by atoms with Crippen molar-refractivity contribution in [3.8, 4) is 0 Å². The van der Waals surface area contributed by atoms with E-state index < -0.39 is 5.92 Å². The number of piperidine rings is 1. The number of benzene rings is 1. The van der Waals surface area contributed by atoms with Crippen LogP contribution in [0.4, 0.5) is 0 Å². The van der Waals surface area contributed by atoms with Crippen molar-refractivity contribution in [2.75, 3.05) is 32.8 Å². The third kappa shape index (κ3) is 3.97. The summed E-state index contributed by atoms with van der Waals surface area (Å²) >= 11 is 1.54.